The Morgan fingerprint density at radius 2 is 2.11 bits per heavy atom. The van der Waals surface area contributed by atoms with Crippen LogP contribution in [-0.2, 0) is 6.61 Å². The van der Waals surface area contributed by atoms with Gasteiger partial charge < -0.3 is 10.5 Å². The molecule has 18 heavy (non-hydrogen) atoms. The Bertz CT molecular complexity index is 580. The minimum absolute atomic E-state index is 0.0140. The number of aromatic nitrogens is 2. The smallest absolute Gasteiger partial charge is 0.318 e. The van der Waals surface area contributed by atoms with E-state index in [9.17, 15) is 4.39 Å². The molecule has 0 saturated carbocycles. The lowest BCUT2D eigenvalue weighted by atomic mass is 10.2. The summed E-state index contributed by atoms with van der Waals surface area (Å²) >= 11 is 11.7. The third kappa shape index (κ3) is 3.00. The van der Waals surface area contributed by atoms with E-state index in [2.05, 4.69) is 9.97 Å². The van der Waals surface area contributed by atoms with Gasteiger partial charge >= 0.3 is 6.01 Å². The molecule has 0 unspecified atom stereocenters. The van der Waals surface area contributed by atoms with Crippen molar-refractivity contribution in [2.75, 3.05) is 5.73 Å². The van der Waals surface area contributed by atoms with Gasteiger partial charge in [0, 0.05) is 15.6 Å². The van der Waals surface area contributed by atoms with Crippen molar-refractivity contribution < 1.29 is 9.13 Å². The molecule has 0 saturated heterocycles. The standard InChI is InChI=1S/C11H8Cl2FN3O/c12-7-2-1-6(8(13)3-7)5-18-11-16-4-9(14)10(15)17-11/h1-4H,5H2,(H2,15,16,17). The number of benzene rings is 1. The highest BCUT2D eigenvalue weighted by molar-refractivity contribution is 6.35. The molecule has 2 N–H and O–H groups in total. The predicted molar refractivity (Wildman–Crippen MR) is 67.2 cm³/mol. The summed E-state index contributed by atoms with van der Waals surface area (Å²) in [7, 11) is 0. The highest BCUT2D eigenvalue weighted by atomic mass is 35.5. The van der Waals surface area contributed by atoms with E-state index in [0.29, 0.717) is 15.6 Å². The van der Waals surface area contributed by atoms with Crippen LogP contribution in [0, 0.1) is 5.82 Å². The highest BCUT2D eigenvalue weighted by Crippen LogP contribution is 2.22. The number of nitrogens with two attached hydrogens (primary N) is 1. The van der Waals surface area contributed by atoms with E-state index in [4.69, 9.17) is 33.7 Å². The van der Waals surface area contributed by atoms with Crippen molar-refractivity contribution in [3.8, 4) is 6.01 Å². The number of ether oxygens (including phenoxy) is 1. The molecule has 0 aliphatic carbocycles. The van der Waals surface area contributed by atoms with Gasteiger partial charge in [0.15, 0.2) is 11.6 Å². The van der Waals surface area contributed by atoms with Crippen molar-refractivity contribution in [2.24, 2.45) is 0 Å². The Labute approximate surface area is 113 Å². The van der Waals surface area contributed by atoms with Gasteiger partial charge in [-0.15, -0.1) is 0 Å². The molecule has 1 aromatic carbocycles. The number of hydrogen-bond donors (Lipinski definition) is 1. The second kappa shape index (κ2) is 5.37. The van der Waals surface area contributed by atoms with Gasteiger partial charge in [0.25, 0.3) is 0 Å². The average Bonchev–Trinajstić information content (AvgIpc) is 2.32. The number of halogens is 3. The first-order chi connectivity index (χ1) is 8.56. The Hall–Kier alpha value is -1.59. The topological polar surface area (TPSA) is 61.0 Å². The van der Waals surface area contributed by atoms with Gasteiger partial charge in [-0.3, -0.25) is 0 Å². The molecular weight excluding hydrogens is 280 g/mol. The molecule has 0 spiro atoms. The Morgan fingerprint density at radius 1 is 1.33 bits per heavy atom. The van der Waals surface area contributed by atoms with Gasteiger partial charge in [-0.1, -0.05) is 29.3 Å². The third-order valence-electron chi connectivity index (χ3n) is 2.12. The molecular formula is C11H8Cl2FN3O. The molecule has 0 bridgehead atoms. The molecule has 0 aliphatic rings. The van der Waals surface area contributed by atoms with Crippen LogP contribution in [0.2, 0.25) is 10.0 Å². The van der Waals surface area contributed by atoms with E-state index in [-0.39, 0.29) is 18.4 Å². The van der Waals surface area contributed by atoms with E-state index in [1.165, 1.54) is 0 Å². The van der Waals surface area contributed by atoms with Crippen LogP contribution >= 0.6 is 23.2 Å². The molecule has 1 heterocycles. The summed E-state index contributed by atoms with van der Waals surface area (Å²) in [6, 6.07) is 4.99. The lowest BCUT2D eigenvalue weighted by Gasteiger charge is -2.06. The van der Waals surface area contributed by atoms with E-state index in [1.54, 1.807) is 18.2 Å². The van der Waals surface area contributed by atoms with E-state index < -0.39 is 5.82 Å². The van der Waals surface area contributed by atoms with Crippen LogP contribution in [0.15, 0.2) is 24.4 Å². The van der Waals surface area contributed by atoms with Crippen molar-refractivity contribution in [3.05, 3.63) is 45.8 Å². The highest BCUT2D eigenvalue weighted by Gasteiger charge is 2.06. The van der Waals surface area contributed by atoms with Gasteiger partial charge in [0.2, 0.25) is 0 Å². The summed E-state index contributed by atoms with van der Waals surface area (Å²) in [5.41, 5.74) is 6.01. The second-order valence-electron chi connectivity index (χ2n) is 3.41. The molecule has 7 heteroatoms. The average molecular weight is 288 g/mol. The number of anilines is 1. The van der Waals surface area contributed by atoms with E-state index in [0.717, 1.165) is 6.20 Å². The van der Waals surface area contributed by atoms with Crippen LogP contribution in [0.5, 0.6) is 6.01 Å². The van der Waals surface area contributed by atoms with Crippen LogP contribution in [0.1, 0.15) is 5.56 Å². The Balaban J connectivity index is 2.09. The lowest BCUT2D eigenvalue weighted by Crippen LogP contribution is -2.03. The molecule has 2 aromatic rings. The summed E-state index contributed by atoms with van der Waals surface area (Å²) < 4.78 is 18.1. The summed E-state index contributed by atoms with van der Waals surface area (Å²) in [4.78, 5) is 7.28. The van der Waals surface area contributed by atoms with E-state index >= 15 is 0 Å². The summed E-state index contributed by atoms with van der Waals surface area (Å²) in [5, 5.41) is 1.00. The summed E-state index contributed by atoms with van der Waals surface area (Å²) in [6.45, 7) is 0.140. The predicted octanol–water partition coefficient (Wildman–Crippen LogP) is 3.08. The molecule has 0 amide bonds. The van der Waals surface area contributed by atoms with Gasteiger partial charge in [0.1, 0.15) is 6.61 Å². The second-order valence-corrected chi connectivity index (χ2v) is 4.25. The molecule has 4 nitrogen and oxygen atoms in total. The van der Waals surface area contributed by atoms with Crippen LogP contribution < -0.4 is 10.5 Å². The first-order valence-electron chi connectivity index (χ1n) is 4.91. The van der Waals surface area contributed by atoms with Gasteiger partial charge in [-0.2, -0.15) is 4.98 Å². The quantitative estimate of drug-likeness (QED) is 0.942. The zero-order valence-corrected chi connectivity index (χ0v) is 10.5. The molecule has 1 aromatic heterocycles. The molecule has 0 radical (unpaired) electrons. The number of nitrogens with zero attached hydrogens (tertiary/aromatic N) is 2. The van der Waals surface area contributed by atoms with Crippen molar-refractivity contribution in [1.82, 2.24) is 9.97 Å². The van der Waals surface area contributed by atoms with E-state index in [1.807, 2.05) is 0 Å². The van der Waals surface area contributed by atoms with Crippen LogP contribution in [0.4, 0.5) is 10.2 Å². The molecule has 0 fully saturated rings. The lowest BCUT2D eigenvalue weighted by molar-refractivity contribution is 0.280. The monoisotopic (exact) mass is 287 g/mol. The van der Waals surface area contributed by atoms with Crippen LogP contribution in [0.3, 0.4) is 0 Å². The van der Waals surface area contributed by atoms with Crippen molar-refractivity contribution in [1.29, 1.82) is 0 Å². The first-order valence-corrected chi connectivity index (χ1v) is 5.66. The van der Waals surface area contributed by atoms with Crippen LogP contribution in [-0.4, -0.2) is 9.97 Å². The maximum absolute atomic E-state index is 12.8. The molecule has 0 atom stereocenters. The zero-order valence-electron chi connectivity index (χ0n) is 9.03. The largest absolute Gasteiger partial charge is 0.458 e. The normalized spacial score (nSPS) is 10.4. The van der Waals surface area contributed by atoms with Gasteiger partial charge in [-0.25, -0.2) is 9.37 Å². The number of rotatable bonds is 3. The van der Waals surface area contributed by atoms with Crippen molar-refractivity contribution in [2.45, 2.75) is 6.61 Å². The third-order valence-corrected chi connectivity index (χ3v) is 2.71. The maximum atomic E-state index is 12.8. The zero-order chi connectivity index (χ0) is 13.1. The number of hydrogen-bond acceptors (Lipinski definition) is 4. The first kappa shape index (κ1) is 12.9. The van der Waals surface area contributed by atoms with Gasteiger partial charge in [0.05, 0.1) is 6.20 Å². The Kier molecular flexibility index (Phi) is 3.84. The van der Waals surface area contributed by atoms with Crippen molar-refractivity contribution in [3.63, 3.8) is 0 Å². The molecule has 2 rings (SSSR count). The summed E-state index contributed by atoms with van der Waals surface area (Å²) in [5.74, 6) is -0.950. The molecule has 94 valence electrons. The maximum Gasteiger partial charge on any atom is 0.318 e. The Morgan fingerprint density at radius 3 is 2.78 bits per heavy atom. The number of nitrogen functional groups attached to an aromatic ring is 1. The van der Waals surface area contributed by atoms with Gasteiger partial charge in [-0.05, 0) is 12.1 Å². The molecule has 0 aliphatic heterocycles. The SMILES string of the molecule is Nc1nc(OCc2ccc(Cl)cc2Cl)ncc1F. The fourth-order valence-electron chi connectivity index (χ4n) is 1.21. The summed E-state index contributed by atoms with van der Waals surface area (Å²) in [6.07, 6.45) is 0.946. The minimum Gasteiger partial charge on any atom is -0.458 e. The fourth-order valence-corrected chi connectivity index (χ4v) is 1.68. The van der Waals surface area contributed by atoms with Crippen LogP contribution in [0.25, 0.3) is 0 Å². The van der Waals surface area contributed by atoms with Crippen molar-refractivity contribution >= 4 is 29.0 Å². The fraction of sp³-hybridized carbons (Fsp3) is 0.0909. The minimum atomic E-state index is -0.688.